The Morgan fingerprint density at radius 1 is 1.00 bits per heavy atom. The summed E-state index contributed by atoms with van der Waals surface area (Å²) in [4.78, 5) is 44.1. The summed E-state index contributed by atoms with van der Waals surface area (Å²) in [6.07, 6.45) is 0.734. The van der Waals surface area contributed by atoms with Gasteiger partial charge in [0.25, 0.3) is 21.7 Å². The molecule has 2 heterocycles. The van der Waals surface area contributed by atoms with Crippen molar-refractivity contribution in [3.8, 4) is 0 Å². The minimum atomic E-state index is -5.97. The smallest absolute Gasteiger partial charge is 0.324 e. The number of hydroxylamine groups is 2. The topological polar surface area (TPSA) is 111 Å². The molecular weight excluding hydrogens is 393 g/mol. The third-order valence-electron chi connectivity index (χ3n) is 3.48. The van der Waals surface area contributed by atoms with E-state index in [0.29, 0.717) is 6.07 Å². The van der Waals surface area contributed by atoms with Crippen molar-refractivity contribution in [1.29, 1.82) is 0 Å². The SMILES string of the molecule is O=C(ON1C(=O)c2ccccc2C1=O)c1cccnc1S(=O)(=O)C(F)(F)F. The summed E-state index contributed by atoms with van der Waals surface area (Å²) in [5.74, 6) is -3.71. The fourth-order valence-corrected chi connectivity index (χ4v) is 3.11. The van der Waals surface area contributed by atoms with Crippen LogP contribution in [0.4, 0.5) is 13.2 Å². The van der Waals surface area contributed by atoms with Crippen LogP contribution in [0.5, 0.6) is 0 Å². The predicted octanol–water partition coefficient (Wildman–Crippen LogP) is 1.74. The molecule has 1 aromatic heterocycles. The number of pyridine rings is 1. The van der Waals surface area contributed by atoms with Crippen LogP contribution in [0.3, 0.4) is 0 Å². The Kier molecular flexibility index (Phi) is 4.22. The third kappa shape index (κ3) is 2.93. The van der Waals surface area contributed by atoms with Gasteiger partial charge in [-0.25, -0.2) is 18.2 Å². The highest BCUT2D eigenvalue weighted by Crippen LogP contribution is 2.31. The molecule has 3 rings (SSSR count). The molecule has 0 aliphatic carbocycles. The molecule has 2 amide bonds. The molecule has 0 fully saturated rings. The number of halogens is 3. The van der Waals surface area contributed by atoms with Crippen LogP contribution < -0.4 is 0 Å². The van der Waals surface area contributed by atoms with Crippen molar-refractivity contribution in [3.05, 3.63) is 59.3 Å². The first kappa shape index (κ1) is 18.5. The molecular formula is C15H7F3N2O6S. The van der Waals surface area contributed by atoms with E-state index < -0.39 is 43.7 Å². The molecule has 1 aliphatic heterocycles. The minimum Gasteiger partial charge on any atom is -0.324 e. The van der Waals surface area contributed by atoms with E-state index >= 15 is 0 Å². The predicted molar refractivity (Wildman–Crippen MR) is 79.8 cm³/mol. The van der Waals surface area contributed by atoms with Crippen molar-refractivity contribution in [1.82, 2.24) is 10.0 Å². The first-order valence-corrected chi connectivity index (χ1v) is 8.50. The molecule has 0 atom stereocenters. The van der Waals surface area contributed by atoms with Gasteiger partial charge in [0.05, 0.1) is 16.7 Å². The fourth-order valence-electron chi connectivity index (χ4n) is 2.25. The highest BCUT2D eigenvalue weighted by atomic mass is 32.2. The zero-order chi connectivity index (χ0) is 20.0. The lowest BCUT2D eigenvalue weighted by Gasteiger charge is -2.14. The van der Waals surface area contributed by atoms with Gasteiger partial charge in [-0.3, -0.25) is 9.59 Å². The maximum Gasteiger partial charge on any atom is 0.503 e. The van der Waals surface area contributed by atoms with Crippen LogP contribution in [0.2, 0.25) is 0 Å². The van der Waals surface area contributed by atoms with E-state index in [1.807, 2.05) is 0 Å². The highest BCUT2D eigenvalue weighted by molar-refractivity contribution is 7.92. The molecule has 27 heavy (non-hydrogen) atoms. The molecule has 2 aromatic rings. The zero-order valence-electron chi connectivity index (χ0n) is 12.9. The summed E-state index contributed by atoms with van der Waals surface area (Å²) >= 11 is 0. The fraction of sp³-hybridized carbons (Fsp3) is 0.0667. The minimum absolute atomic E-state index is 0.0456. The normalized spacial score (nSPS) is 14.3. The van der Waals surface area contributed by atoms with Gasteiger partial charge >= 0.3 is 11.5 Å². The van der Waals surface area contributed by atoms with Crippen molar-refractivity contribution >= 4 is 27.6 Å². The van der Waals surface area contributed by atoms with Gasteiger partial charge in [0.15, 0.2) is 5.03 Å². The van der Waals surface area contributed by atoms with E-state index in [1.165, 1.54) is 24.3 Å². The number of nitrogens with zero attached hydrogens (tertiary/aromatic N) is 2. The lowest BCUT2D eigenvalue weighted by atomic mass is 10.1. The molecule has 0 spiro atoms. The highest BCUT2D eigenvalue weighted by Gasteiger charge is 2.50. The van der Waals surface area contributed by atoms with Gasteiger partial charge in [0.1, 0.15) is 0 Å². The van der Waals surface area contributed by atoms with Crippen LogP contribution in [0.1, 0.15) is 31.1 Å². The molecule has 0 saturated carbocycles. The maximum absolute atomic E-state index is 12.8. The number of rotatable bonds is 3. The summed E-state index contributed by atoms with van der Waals surface area (Å²) in [5.41, 5.74) is -6.95. The Hall–Kier alpha value is -3.28. The quantitative estimate of drug-likeness (QED) is 0.722. The second-order valence-corrected chi connectivity index (χ2v) is 6.99. The molecule has 1 aliphatic rings. The van der Waals surface area contributed by atoms with Crippen molar-refractivity contribution in [2.75, 3.05) is 0 Å². The maximum atomic E-state index is 12.8. The van der Waals surface area contributed by atoms with Gasteiger partial charge < -0.3 is 4.84 Å². The van der Waals surface area contributed by atoms with Gasteiger partial charge in [-0.15, -0.1) is 0 Å². The Balaban J connectivity index is 1.96. The van der Waals surface area contributed by atoms with Gasteiger partial charge in [0.2, 0.25) is 0 Å². The van der Waals surface area contributed by atoms with E-state index in [9.17, 15) is 36.0 Å². The van der Waals surface area contributed by atoms with E-state index in [-0.39, 0.29) is 16.2 Å². The summed E-state index contributed by atoms with van der Waals surface area (Å²) in [7, 11) is -5.97. The van der Waals surface area contributed by atoms with Crippen molar-refractivity contribution in [2.45, 2.75) is 10.5 Å². The number of aromatic nitrogens is 1. The number of carbonyl (C=O) groups excluding carboxylic acids is 3. The van der Waals surface area contributed by atoms with Crippen molar-refractivity contribution in [3.63, 3.8) is 0 Å². The number of hydrogen-bond donors (Lipinski definition) is 0. The monoisotopic (exact) mass is 400 g/mol. The average Bonchev–Trinajstić information content (AvgIpc) is 2.86. The van der Waals surface area contributed by atoms with E-state index in [4.69, 9.17) is 0 Å². The summed E-state index contributed by atoms with van der Waals surface area (Å²) in [6.45, 7) is 0. The zero-order valence-corrected chi connectivity index (χ0v) is 13.7. The second kappa shape index (κ2) is 6.16. The largest absolute Gasteiger partial charge is 0.503 e. The number of imide groups is 1. The molecule has 0 N–H and O–H groups in total. The molecule has 1 aromatic carbocycles. The first-order valence-electron chi connectivity index (χ1n) is 7.02. The number of amides is 2. The van der Waals surface area contributed by atoms with Crippen LogP contribution in [0.25, 0.3) is 0 Å². The summed E-state index contributed by atoms with van der Waals surface area (Å²) < 4.78 is 61.5. The molecule has 0 saturated heterocycles. The Labute approximate surface area is 149 Å². The Morgan fingerprint density at radius 3 is 2.07 bits per heavy atom. The molecule has 8 nitrogen and oxygen atoms in total. The summed E-state index contributed by atoms with van der Waals surface area (Å²) in [6, 6.07) is 7.18. The number of carbonyl (C=O) groups is 3. The number of benzene rings is 1. The van der Waals surface area contributed by atoms with Gasteiger partial charge in [0, 0.05) is 6.20 Å². The lowest BCUT2D eigenvalue weighted by Crippen LogP contribution is -2.34. The van der Waals surface area contributed by atoms with E-state index in [2.05, 4.69) is 9.82 Å². The lowest BCUT2D eigenvalue weighted by molar-refractivity contribution is -0.0590. The number of hydrogen-bond acceptors (Lipinski definition) is 7. The number of sulfone groups is 1. The van der Waals surface area contributed by atoms with E-state index in [0.717, 1.165) is 12.3 Å². The second-order valence-electron chi connectivity index (χ2n) is 5.13. The van der Waals surface area contributed by atoms with Crippen LogP contribution in [0, 0.1) is 0 Å². The number of alkyl halides is 3. The van der Waals surface area contributed by atoms with Crippen LogP contribution in [-0.2, 0) is 14.7 Å². The third-order valence-corrected chi connectivity index (χ3v) is 4.93. The standard InChI is InChI=1S/C15H7F3N2O6S/c16-15(17,18)27(24,25)11-10(6-3-7-19-11)14(23)26-20-12(21)8-4-1-2-5-9(8)13(20)22/h1-7H. The molecule has 0 unspecified atom stereocenters. The first-order chi connectivity index (χ1) is 12.6. The summed E-state index contributed by atoms with van der Waals surface area (Å²) in [5, 5.41) is -1.55. The van der Waals surface area contributed by atoms with Crippen molar-refractivity contribution < 1.29 is 40.8 Å². The van der Waals surface area contributed by atoms with E-state index in [1.54, 1.807) is 0 Å². The van der Waals surface area contributed by atoms with Crippen LogP contribution in [-0.4, -0.2) is 41.8 Å². The van der Waals surface area contributed by atoms with Gasteiger partial charge in [-0.2, -0.15) is 13.2 Å². The molecule has 12 heteroatoms. The number of fused-ring (bicyclic) bond motifs is 1. The van der Waals surface area contributed by atoms with Crippen molar-refractivity contribution in [2.24, 2.45) is 0 Å². The molecule has 0 radical (unpaired) electrons. The van der Waals surface area contributed by atoms with Crippen LogP contribution in [0.15, 0.2) is 47.6 Å². The van der Waals surface area contributed by atoms with Crippen LogP contribution >= 0.6 is 0 Å². The van der Waals surface area contributed by atoms with Gasteiger partial charge in [-0.05, 0) is 24.3 Å². The Bertz CT molecular complexity index is 1050. The van der Waals surface area contributed by atoms with Gasteiger partial charge in [-0.1, -0.05) is 17.2 Å². The molecule has 0 bridgehead atoms. The average molecular weight is 400 g/mol. The Morgan fingerprint density at radius 2 is 1.56 bits per heavy atom. The molecule has 140 valence electrons.